The summed E-state index contributed by atoms with van der Waals surface area (Å²) in [5.41, 5.74) is 5.74. The Hall–Kier alpha value is -2.59. The first-order valence-corrected chi connectivity index (χ1v) is 12.2. The minimum atomic E-state index is 0.0631. The van der Waals surface area contributed by atoms with Gasteiger partial charge >= 0.3 is 0 Å². The summed E-state index contributed by atoms with van der Waals surface area (Å²) in [5, 5.41) is 5.55. The number of nitrogens with zero attached hydrogens (tertiary/aromatic N) is 3. The topological polar surface area (TPSA) is 38.1 Å². The first-order chi connectivity index (χ1) is 15.6. The molecule has 2 aliphatic rings. The highest BCUT2D eigenvalue weighted by atomic mass is 35.5. The smallest absolute Gasteiger partial charge is 0.272 e. The Kier molecular flexibility index (Phi) is 5.20. The second-order valence-electron chi connectivity index (χ2n) is 11.2. The summed E-state index contributed by atoms with van der Waals surface area (Å²) >= 11 is 6.51. The van der Waals surface area contributed by atoms with Crippen molar-refractivity contribution < 1.29 is 4.79 Å². The van der Waals surface area contributed by atoms with Crippen LogP contribution in [0.1, 0.15) is 61.6 Å². The molecule has 0 N–H and O–H groups in total. The number of halogens is 1. The molecular formula is C28H32ClN3O. The van der Waals surface area contributed by atoms with Crippen molar-refractivity contribution in [2.24, 2.45) is 10.8 Å². The molecule has 2 fully saturated rings. The van der Waals surface area contributed by atoms with Gasteiger partial charge in [0, 0.05) is 18.2 Å². The fourth-order valence-electron chi connectivity index (χ4n) is 6.31. The monoisotopic (exact) mass is 461 g/mol. The lowest BCUT2D eigenvalue weighted by molar-refractivity contribution is 0.0699. The molecule has 1 amide bonds. The van der Waals surface area contributed by atoms with Crippen molar-refractivity contribution in [3.8, 4) is 16.9 Å². The summed E-state index contributed by atoms with van der Waals surface area (Å²) in [6.07, 6.45) is 3.28. The van der Waals surface area contributed by atoms with Gasteiger partial charge in [0.2, 0.25) is 0 Å². The Morgan fingerprint density at radius 1 is 1.06 bits per heavy atom. The molecule has 2 unspecified atom stereocenters. The van der Waals surface area contributed by atoms with E-state index in [1.165, 1.54) is 0 Å². The maximum Gasteiger partial charge on any atom is 0.272 e. The minimum Gasteiger partial charge on any atom is -0.334 e. The third-order valence-corrected chi connectivity index (χ3v) is 7.68. The molecule has 2 atom stereocenters. The van der Waals surface area contributed by atoms with E-state index in [9.17, 15) is 4.79 Å². The van der Waals surface area contributed by atoms with Crippen molar-refractivity contribution in [2.75, 3.05) is 6.54 Å². The van der Waals surface area contributed by atoms with Gasteiger partial charge in [-0.15, -0.1) is 0 Å². The molecule has 3 aromatic rings. The quantitative estimate of drug-likeness (QED) is 0.427. The summed E-state index contributed by atoms with van der Waals surface area (Å²) < 4.78 is 1.83. The van der Waals surface area contributed by atoms with Gasteiger partial charge in [-0.25, -0.2) is 4.68 Å². The Morgan fingerprint density at radius 3 is 2.58 bits per heavy atom. The molecule has 4 nitrogen and oxygen atoms in total. The lowest BCUT2D eigenvalue weighted by Gasteiger charge is -2.39. The molecule has 33 heavy (non-hydrogen) atoms. The van der Waals surface area contributed by atoms with Gasteiger partial charge in [0.25, 0.3) is 5.91 Å². The number of fused-ring (bicyclic) bond motifs is 2. The van der Waals surface area contributed by atoms with Crippen molar-refractivity contribution in [3.63, 3.8) is 0 Å². The van der Waals surface area contributed by atoms with Crippen LogP contribution in [0.4, 0.5) is 0 Å². The molecule has 2 heterocycles. The van der Waals surface area contributed by atoms with Crippen molar-refractivity contribution in [1.29, 1.82) is 0 Å². The molecule has 172 valence electrons. The normalized spacial score (nSPS) is 23.7. The maximum absolute atomic E-state index is 14.1. The Bertz CT molecular complexity index is 1240. The molecule has 0 radical (unpaired) electrons. The molecule has 0 spiro atoms. The molecule has 2 bridgehead atoms. The van der Waals surface area contributed by atoms with E-state index in [0.717, 1.165) is 53.9 Å². The molecule has 2 aromatic carbocycles. The van der Waals surface area contributed by atoms with Gasteiger partial charge in [0.05, 0.1) is 16.4 Å². The van der Waals surface area contributed by atoms with Crippen molar-refractivity contribution >= 4 is 17.5 Å². The number of amides is 1. The Balaban J connectivity index is 1.63. The second kappa shape index (κ2) is 7.73. The van der Waals surface area contributed by atoms with Crippen molar-refractivity contribution in [3.05, 3.63) is 70.4 Å². The predicted octanol–water partition coefficient (Wildman–Crippen LogP) is 6.85. The predicted molar refractivity (Wildman–Crippen MR) is 134 cm³/mol. The fraction of sp³-hybridized carbons (Fsp3) is 0.429. The standard InChI is InChI=1S/C28H32ClN3O/c1-18-10-11-19(2)24(12-18)32-25(13-23(30-32)21-8-6-7-9-22(21)29)26(33)31-17-28(5)15-20(31)14-27(3,4)16-28/h6-13,20H,14-17H2,1-5H3. The molecule has 1 aliphatic heterocycles. The van der Waals surface area contributed by atoms with Crippen LogP contribution >= 0.6 is 11.6 Å². The van der Waals surface area contributed by atoms with Crippen LogP contribution in [0.2, 0.25) is 5.02 Å². The van der Waals surface area contributed by atoms with Crippen LogP contribution in [0, 0.1) is 24.7 Å². The molecule has 5 heteroatoms. The summed E-state index contributed by atoms with van der Waals surface area (Å²) in [7, 11) is 0. The maximum atomic E-state index is 14.1. The van der Waals surface area contributed by atoms with E-state index >= 15 is 0 Å². The Morgan fingerprint density at radius 2 is 1.82 bits per heavy atom. The largest absolute Gasteiger partial charge is 0.334 e. The highest BCUT2D eigenvalue weighted by Gasteiger charge is 2.51. The van der Waals surface area contributed by atoms with Gasteiger partial charge in [-0.1, -0.05) is 62.7 Å². The molecule has 5 rings (SSSR count). The fourth-order valence-corrected chi connectivity index (χ4v) is 6.54. The highest BCUT2D eigenvalue weighted by molar-refractivity contribution is 6.33. The van der Waals surface area contributed by atoms with Crippen LogP contribution in [0.3, 0.4) is 0 Å². The van der Waals surface area contributed by atoms with E-state index in [1.54, 1.807) is 0 Å². The van der Waals surface area contributed by atoms with Gasteiger partial charge < -0.3 is 4.90 Å². The number of rotatable bonds is 3. The van der Waals surface area contributed by atoms with Crippen molar-refractivity contribution in [1.82, 2.24) is 14.7 Å². The third-order valence-electron chi connectivity index (χ3n) is 7.35. The number of carbonyl (C=O) groups is 1. The minimum absolute atomic E-state index is 0.0631. The molecule has 1 saturated carbocycles. The van der Waals surface area contributed by atoms with Crippen LogP contribution in [-0.4, -0.2) is 33.2 Å². The van der Waals surface area contributed by atoms with Gasteiger partial charge in [0.15, 0.2) is 0 Å². The van der Waals surface area contributed by atoms with Crippen LogP contribution in [-0.2, 0) is 0 Å². The lowest BCUT2D eigenvalue weighted by Crippen LogP contribution is -2.38. The summed E-state index contributed by atoms with van der Waals surface area (Å²) in [5.74, 6) is 0.0631. The first-order valence-electron chi connectivity index (χ1n) is 11.8. The lowest BCUT2D eigenvalue weighted by atomic mass is 9.65. The number of aryl methyl sites for hydroxylation is 2. The van der Waals surface area contributed by atoms with E-state index in [-0.39, 0.29) is 22.8 Å². The average Bonchev–Trinajstić information content (AvgIpc) is 3.27. The van der Waals surface area contributed by atoms with Crippen LogP contribution in [0.5, 0.6) is 0 Å². The second-order valence-corrected chi connectivity index (χ2v) is 11.7. The number of benzene rings is 2. The summed E-state index contributed by atoms with van der Waals surface area (Å²) in [6.45, 7) is 11.9. The van der Waals surface area contributed by atoms with E-state index < -0.39 is 0 Å². The zero-order valence-electron chi connectivity index (χ0n) is 20.2. The first kappa shape index (κ1) is 22.2. The van der Waals surface area contributed by atoms with E-state index in [0.29, 0.717) is 10.7 Å². The number of hydrogen-bond donors (Lipinski definition) is 0. The average molecular weight is 462 g/mol. The highest BCUT2D eigenvalue weighted by Crippen LogP contribution is 2.52. The van der Waals surface area contributed by atoms with E-state index in [2.05, 4.69) is 57.7 Å². The number of carbonyl (C=O) groups excluding carboxylic acids is 1. The van der Waals surface area contributed by atoms with Crippen LogP contribution < -0.4 is 0 Å². The zero-order chi connectivity index (χ0) is 23.5. The van der Waals surface area contributed by atoms with Crippen LogP contribution in [0.15, 0.2) is 48.5 Å². The number of aromatic nitrogens is 2. The summed E-state index contributed by atoms with van der Waals surface area (Å²) in [6, 6.07) is 16.1. The molecular weight excluding hydrogens is 430 g/mol. The zero-order valence-corrected chi connectivity index (χ0v) is 20.9. The molecule has 1 saturated heterocycles. The number of likely N-dealkylation sites (tertiary alicyclic amines) is 1. The van der Waals surface area contributed by atoms with E-state index in [4.69, 9.17) is 16.7 Å². The molecule has 1 aromatic heterocycles. The van der Waals surface area contributed by atoms with E-state index in [1.807, 2.05) is 35.0 Å². The summed E-state index contributed by atoms with van der Waals surface area (Å²) in [4.78, 5) is 16.2. The number of hydrogen-bond acceptors (Lipinski definition) is 2. The molecule has 1 aliphatic carbocycles. The van der Waals surface area contributed by atoms with Crippen molar-refractivity contribution in [2.45, 2.75) is 59.9 Å². The van der Waals surface area contributed by atoms with Gasteiger partial charge in [0.1, 0.15) is 5.69 Å². The third kappa shape index (κ3) is 3.99. The van der Waals surface area contributed by atoms with Crippen LogP contribution in [0.25, 0.3) is 16.9 Å². The van der Waals surface area contributed by atoms with Gasteiger partial charge in [-0.2, -0.15) is 5.10 Å². The Labute approximate surface area is 201 Å². The van der Waals surface area contributed by atoms with Gasteiger partial charge in [-0.3, -0.25) is 4.79 Å². The van der Waals surface area contributed by atoms with Gasteiger partial charge in [-0.05, 0) is 73.3 Å². The SMILES string of the molecule is Cc1ccc(C)c(-n2nc(-c3ccccc3Cl)cc2C(=O)N2CC3(C)CC2CC(C)(C)C3)c1.